The Bertz CT molecular complexity index is 532. The highest BCUT2D eigenvalue weighted by Crippen LogP contribution is 2.37. The summed E-state index contributed by atoms with van der Waals surface area (Å²) >= 11 is 0. The third kappa shape index (κ3) is 2.29. The quantitative estimate of drug-likeness (QED) is 0.882. The molecule has 0 saturated carbocycles. The molecule has 0 atom stereocenters. The van der Waals surface area contributed by atoms with E-state index in [4.69, 9.17) is 9.47 Å². The van der Waals surface area contributed by atoms with E-state index in [1.807, 2.05) is 12.1 Å². The number of benzene rings is 1. The summed E-state index contributed by atoms with van der Waals surface area (Å²) < 4.78 is 10.8. The second kappa shape index (κ2) is 5.31. The van der Waals surface area contributed by atoms with Gasteiger partial charge in [0.2, 0.25) is 0 Å². The highest BCUT2D eigenvalue weighted by atomic mass is 16.5. The van der Waals surface area contributed by atoms with Gasteiger partial charge in [0.15, 0.2) is 11.5 Å². The molecule has 0 spiro atoms. The molecule has 1 heterocycles. The van der Waals surface area contributed by atoms with Crippen molar-refractivity contribution in [2.45, 2.75) is 6.42 Å². The maximum Gasteiger partial charge on any atom is 0.170 e. The fraction of sp³-hybridized carbons (Fsp3) is 0.429. The minimum absolute atomic E-state index is 0.774. The molecular weight excluding hydrogens is 228 g/mol. The fourth-order valence-corrected chi connectivity index (χ4v) is 2.14. The summed E-state index contributed by atoms with van der Waals surface area (Å²) in [7, 11) is 7.50. The highest BCUT2D eigenvalue weighted by molar-refractivity contribution is 5.91. The zero-order valence-corrected chi connectivity index (χ0v) is 11.4. The monoisotopic (exact) mass is 248 g/mol. The molecule has 2 rings (SSSR count). The van der Waals surface area contributed by atoms with Crippen molar-refractivity contribution in [3.63, 3.8) is 0 Å². The van der Waals surface area contributed by atoms with Crippen LogP contribution in [0.15, 0.2) is 18.3 Å². The molecule has 98 valence electrons. The molecule has 1 aromatic carbocycles. The predicted molar refractivity (Wildman–Crippen MR) is 73.7 cm³/mol. The average Bonchev–Trinajstić information content (AvgIpc) is 2.78. The molecule has 0 aliphatic heterocycles. The minimum Gasteiger partial charge on any atom is -0.493 e. The van der Waals surface area contributed by atoms with Gasteiger partial charge in [0.1, 0.15) is 0 Å². The van der Waals surface area contributed by atoms with E-state index >= 15 is 0 Å². The molecule has 2 aromatic rings. The first-order valence-corrected chi connectivity index (χ1v) is 6.03. The van der Waals surface area contributed by atoms with E-state index < -0.39 is 0 Å². The Morgan fingerprint density at radius 2 is 1.94 bits per heavy atom. The van der Waals surface area contributed by atoms with Crippen LogP contribution in [0.2, 0.25) is 0 Å². The number of nitrogens with zero attached hydrogens (tertiary/aromatic N) is 1. The average molecular weight is 248 g/mol. The predicted octanol–water partition coefficient (Wildman–Crippen LogP) is 2.29. The Balaban J connectivity index is 2.47. The normalized spacial score (nSPS) is 11.2. The maximum atomic E-state index is 5.50. The van der Waals surface area contributed by atoms with E-state index in [-0.39, 0.29) is 0 Å². The molecule has 0 aliphatic rings. The summed E-state index contributed by atoms with van der Waals surface area (Å²) in [5.41, 5.74) is 2.34. The molecule has 4 heteroatoms. The van der Waals surface area contributed by atoms with Crippen molar-refractivity contribution >= 4 is 10.9 Å². The van der Waals surface area contributed by atoms with E-state index in [1.165, 1.54) is 5.56 Å². The molecule has 1 N–H and O–H groups in total. The molecule has 0 unspecified atom stereocenters. The highest BCUT2D eigenvalue weighted by Gasteiger charge is 2.14. The SMILES string of the molecule is COc1ccc2[nH]cc(CCN(C)C)c2c1OC. The van der Waals surface area contributed by atoms with Crippen LogP contribution in [0.4, 0.5) is 0 Å². The van der Waals surface area contributed by atoms with Crippen LogP contribution >= 0.6 is 0 Å². The Labute approximate surface area is 107 Å². The van der Waals surface area contributed by atoms with Crippen molar-refractivity contribution < 1.29 is 9.47 Å². The van der Waals surface area contributed by atoms with Crippen LogP contribution in [0.5, 0.6) is 11.5 Å². The summed E-state index contributed by atoms with van der Waals surface area (Å²) in [5.74, 6) is 1.58. The topological polar surface area (TPSA) is 37.5 Å². The molecule has 0 radical (unpaired) electrons. The minimum atomic E-state index is 0.774. The third-order valence-corrected chi connectivity index (χ3v) is 3.10. The lowest BCUT2D eigenvalue weighted by Crippen LogP contribution is -2.14. The number of H-pyrrole nitrogens is 1. The van der Waals surface area contributed by atoms with Crippen LogP contribution in [0.1, 0.15) is 5.56 Å². The Morgan fingerprint density at radius 3 is 2.56 bits per heavy atom. The van der Waals surface area contributed by atoms with Gasteiger partial charge in [-0.3, -0.25) is 0 Å². The third-order valence-electron chi connectivity index (χ3n) is 3.10. The van der Waals surface area contributed by atoms with E-state index in [0.717, 1.165) is 35.4 Å². The zero-order valence-electron chi connectivity index (χ0n) is 11.4. The van der Waals surface area contributed by atoms with Crippen LogP contribution < -0.4 is 9.47 Å². The van der Waals surface area contributed by atoms with Crippen molar-refractivity contribution in [3.05, 3.63) is 23.9 Å². The van der Waals surface area contributed by atoms with Gasteiger partial charge >= 0.3 is 0 Å². The van der Waals surface area contributed by atoms with Crippen molar-refractivity contribution in [2.75, 3.05) is 34.9 Å². The molecule has 1 aromatic heterocycles. The summed E-state index contributed by atoms with van der Waals surface area (Å²) in [6, 6.07) is 3.95. The van der Waals surface area contributed by atoms with Crippen LogP contribution in [-0.2, 0) is 6.42 Å². The fourth-order valence-electron chi connectivity index (χ4n) is 2.14. The van der Waals surface area contributed by atoms with E-state index in [2.05, 4.69) is 30.2 Å². The first-order chi connectivity index (χ1) is 8.67. The molecule has 4 nitrogen and oxygen atoms in total. The van der Waals surface area contributed by atoms with Crippen LogP contribution in [0.3, 0.4) is 0 Å². The molecule has 0 fully saturated rings. The molecule has 18 heavy (non-hydrogen) atoms. The Kier molecular flexibility index (Phi) is 3.77. The number of rotatable bonds is 5. The first kappa shape index (κ1) is 12.8. The number of aromatic amines is 1. The second-order valence-electron chi connectivity index (χ2n) is 4.59. The second-order valence-corrected chi connectivity index (χ2v) is 4.59. The van der Waals surface area contributed by atoms with Gasteiger partial charge in [-0.1, -0.05) is 0 Å². The number of fused-ring (bicyclic) bond motifs is 1. The van der Waals surface area contributed by atoms with Gasteiger partial charge < -0.3 is 19.4 Å². The number of hydrogen-bond acceptors (Lipinski definition) is 3. The first-order valence-electron chi connectivity index (χ1n) is 6.03. The zero-order chi connectivity index (χ0) is 13.1. The molecule has 0 saturated heterocycles. The smallest absolute Gasteiger partial charge is 0.170 e. The van der Waals surface area contributed by atoms with Crippen molar-refractivity contribution in [1.82, 2.24) is 9.88 Å². The summed E-state index contributed by atoms with van der Waals surface area (Å²) in [5, 5.41) is 1.12. The Hall–Kier alpha value is -1.68. The van der Waals surface area contributed by atoms with Gasteiger partial charge in [-0.05, 0) is 38.2 Å². The number of nitrogens with one attached hydrogen (secondary N) is 1. The maximum absolute atomic E-state index is 5.50. The van der Waals surface area contributed by atoms with E-state index in [0.29, 0.717) is 0 Å². The molecule has 0 aliphatic carbocycles. The Morgan fingerprint density at radius 1 is 1.17 bits per heavy atom. The van der Waals surface area contributed by atoms with Gasteiger partial charge in [0.05, 0.1) is 14.2 Å². The van der Waals surface area contributed by atoms with Crippen LogP contribution in [-0.4, -0.2) is 44.7 Å². The summed E-state index contributed by atoms with van der Waals surface area (Å²) in [4.78, 5) is 5.46. The number of ether oxygens (including phenoxy) is 2. The van der Waals surface area contributed by atoms with Gasteiger partial charge in [0.25, 0.3) is 0 Å². The van der Waals surface area contributed by atoms with Gasteiger partial charge in [-0.2, -0.15) is 0 Å². The lowest BCUT2D eigenvalue weighted by molar-refractivity contribution is 0.358. The van der Waals surface area contributed by atoms with Crippen molar-refractivity contribution in [3.8, 4) is 11.5 Å². The number of likely N-dealkylation sites (N-methyl/N-ethyl adjacent to an activating group) is 1. The summed E-state index contributed by atoms with van der Waals surface area (Å²) in [6.07, 6.45) is 3.03. The van der Waals surface area contributed by atoms with Gasteiger partial charge in [-0.15, -0.1) is 0 Å². The number of aromatic nitrogens is 1. The van der Waals surface area contributed by atoms with Crippen LogP contribution in [0, 0.1) is 0 Å². The van der Waals surface area contributed by atoms with E-state index in [1.54, 1.807) is 14.2 Å². The van der Waals surface area contributed by atoms with E-state index in [9.17, 15) is 0 Å². The molecule has 0 amide bonds. The number of methoxy groups -OCH3 is 2. The lowest BCUT2D eigenvalue weighted by atomic mass is 10.1. The van der Waals surface area contributed by atoms with Crippen molar-refractivity contribution in [1.29, 1.82) is 0 Å². The van der Waals surface area contributed by atoms with Crippen LogP contribution in [0.25, 0.3) is 10.9 Å². The largest absolute Gasteiger partial charge is 0.493 e. The van der Waals surface area contributed by atoms with Gasteiger partial charge in [-0.25, -0.2) is 0 Å². The molecule has 0 bridgehead atoms. The van der Waals surface area contributed by atoms with Crippen molar-refractivity contribution in [2.24, 2.45) is 0 Å². The summed E-state index contributed by atoms with van der Waals surface area (Å²) in [6.45, 7) is 1.01. The lowest BCUT2D eigenvalue weighted by Gasteiger charge is -2.11. The standard InChI is InChI=1S/C14H20N2O2/c1-16(2)8-7-10-9-15-11-5-6-12(17-3)14(18-4)13(10)11/h5-6,9,15H,7-8H2,1-4H3. The number of hydrogen-bond donors (Lipinski definition) is 1. The van der Waals surface area contributed by atoms with Gasteiger partial charge in [0, 0.05) is 23.6 Å². The molecular formula is C14H20N2O2.